The van der Waals surface area contributed by atoms with Crippen molar-refractivity contribution in [1.29, 1.82) is 0 Å². The zero-order valence-electron chi connectivity index (χ0n) is 10.9. The van der Waals surface area contributed by atoms with Gasteiger partial charge in [-0.3, -0.25) is 0 Å². The summed E-state index contributed by atoms with van der Waals surface area (Å²) < 4.78 is 5.41. The van der Waals surface area contributed by atoms with Crippen molar-refractivity contribution >= 4 is 12.4 Å². The fourth-order valence-corrected chi connectivity index (χ4v) is 2.40. The van der Waals surface area contributed by atoms with Crippen LogP contribution in [-0.4, -0.2) is 23.2 Å². The zero-order valence-corrected chi connectivity index (χ0v) is 11.7. The lowest BCUT2D eigenvalue weighted by atomic mass is 10.00. The normalized spacial score (nSPS) is 18.9. The first kappa shape index (κ1) is 14.0. The number of nitrogens with one attached hydrogen (secondary N) is 1. The molecule has 1 aliphatic heterocycles. The third-order valence-electron chi connectivity index (χ3n) is 3.47. The standard InChI is InChI=1S/C14H17N3O.ClH/c1-10-5-2-3-7-12(10)13-16-14(18-17-13)11-6-4-8-15-9-11;/h2-3,5,7,11,15H,4,6,8-9H2,1H3;1H/t11-;/m0./s1. The molecule has 1 aliphatic rings. The van der Waals surface area contributed by atoms with Crippen molar-refractivity contribution in [2.45, 2.75) is 25.7 Å². The first-order valence-electron chi connectivity index (χ1n) is 6.45. The highest BCUT2D eigenvalue weighted by molar-refractivity contribution is 5.85. The maximum atomic E-state index is 5.41. The van der Waals surface area contributed by atoms with Gasteiger partial charge in [-0.15, -0.1) is 12.4 Å². The van der Waals surface area contributed by atoms with Gasteiger partial charge in [0.25, 0.3) is 0 Å². The van der Waals surface area contributed by atoms with E-state index in [1.807, 2.05) is 18.2 Å². The van der Waals surface area contributed by atoms with Crippen LogP contribution in [0.2, 0.25) is 0 Å². The maximum absolute atomic E-state index is 5.41. The van der Waals surface area contributed by atoms with Crippen molar-refractivity contribution in [1.82, 2.24) is 15.5 Å². The quantitative estimate of drug-likeness (QED) is 0.918. The van der Waals surface area contributed by atoms with E-state index in [4.69, 9.17) is 4.52 Å². The van der Waals surface area contributed by atoms with Gasteiger partial charge in [0.05, 0.1) is 5.92 Å². The minimum atomic E-state index is 0. The van der Waals surface area contributed by atoms with Crippen LogP contribution in [0.25, 0.3) is 11.4 Å². The summed E-state index contributed by atoms with van der Waals surface area (Å²) in [4.78, 5) is 4.55. The Balaban J connectivity index is 0.00000133. The molecule has 0 aliphatic carbocycles. The number of nitrogens with zero attached hydrogens (tertiary/aromatic N) is 2. The summed E-state index contributed by atoms with van der Waals surface area (Å²) in [5.74, 6) is 1.83. The van der Waals surface area contributed by atoms with Gasteiger partial charge in [-0.1, -0.05) is 29.4 Å². The van der Waals surface area contributed by atoms with E-state index in [0.717, 1.165) is 31.0 Å². The Labute approximate surface area is 119 Å². The molecule has 0 saturated carbocycles. The van der Waals surface area contributed by atoms with Gasteiger partial charge in [0.1, 0.15) is 0 Å². The lowest BCUT2D eigenvalue weighted by molar-refractivity contribution is 0.322. The van der Waals surface area contributed by atoms with Crippen molar-refractivity contribution in [3.8, 4) is 11.4 Å². The molecule has 1 fully saturated rings. The lowest BCUT2D eigenvalue weighted by Gasteiger charge is -2.18. The molecule has 1 N–H and O–H groups in total. The molecule has 0 unspecified atom stereocenters. The molecule has 0 spiro atoms. The van der Waals surface area contributed by atoms with Crippen LogP contribution < -0.4 is 5.32 Å². The van der Waals surface area contributed by atoms with Gasteiger partial charge in [0, 0.05) is 12.1 Å². The minimum absolute atomic E-state index is 0. The van der Waals surface area contributed by atoms with Gasteiger partial charge in [-0.05, 0) is 31.9 Å². The molecule has 1 atom stereocenters. The Morgan fingerprint density at radius 1 is 1.32 bits per heavy atom. The second kappa shape index (κ2) is 6.17. The predicted molar refractivity (Wildman–Crippen MR) is 76.6 cm³/mol. The topological polar surface area (TPSA) is 51.0 Å². The van der Waals surface area contributed by atoms with Crippen LogP contribution in [-0.2, 0) is 0 Å². The minimum Gasteiger partial charge on any atom is -0.339 e. The summed E-state index contributed by atoms with van der Waals surface area (Å²) in [6.45, 7) is 4.10. The molecule has 102 valence electrons. The SMILES string of the molecule is Cc1ccccc1-c1noc([C@H]2CCCNC2)n1.Cl. The number of halogens is 1. The second-order valence-corrected chi connectivity index (χ2v) is 4.81. The third-order valence-corrected chi connectivity index (χ3v) is 3.47. The Morgan fingerprint density at radius 3 is 2.89 bits per heavy atom. The Kier molecular flexibility index (Phi) is 4.56. The number of rotatable bonds is 2. The van der Waals surface area contributed by atoms with Crippen LogP contribution in [0.4, 0.5) is 0 Å². The Morgan fingerprint density at radius 2 is 2.16 bits per heavy atom. The average molecular weight is 280 g/mol. The summed E-state index contributed by atoms with van der Waals surface area (Å²) in [5.41, 5.74) is 2.22. The molecular formula is C14H18ClN3O. The van der Waals surface area contributed by atoms with E-state index in [9.17, 15) is 0 Å². The molecule has 1 saturated heterocycles. The van der Waals surface area contributed by atoms with Gasteiger partial charge in [0.2, 0.25) is 11.7 Å². The summed E-state index contributed by atoms with van der Waals surface area (Å²) in [5, 5.41) is 7.47. The van der Waals surface area contributed by atoms with E-state index in [0.29, 0.717) is 11.7 Å². The number of hydrogen-bond acceptors (Lipinski definition) is 4. The Hall–Kier alpha value is -1.39. The number of hydrogen-bond donors (Lipinski definition) is 1. The monoisotopic (exact) mass is 279 g/mol. The summed E-state index contributed by atoms with van der Waals surface area (Å²) in [6, 6.07) is 8.11. The summed E-state index contributed by atoms with van der Waals surface area (Å²) >= 11 is 0. The molecule has 1 aromatic carbocycles. The molecule has 2 heterocycles. The lowest BCUT2D eigenvalue weighted by Crippen LogP contribution is -2.28. The third kappa shape index (κ3) is 2.96. The van der Waals surface area contributed by atoms with Crippen LogP contribution in [0, 0.1) is 6.92 Å². The smallest absolute Gasteiger partial charge is 0.231 e. The maximum Gasteiger partial charge on any atom is 0.231 e. The molecule has 4 nitrogen and oxygen atoms in total. The van der Waals surface area contributed by atoms with E-state index in [1.165, 1.54) is 12.0 Å². The Bertz CT molecular complexity index is 535. The number of aryl methyl sites for hydroxylation is 1. The largest absolute Gasteiger partial charge is 0.339 e. The van der Waals surface area contributed by atoms with Crippen LogP contribution in [0.15, 0.2) is 28.8 Å². The van der Waals surface area contributed by atoms with E-state index in [-0.39, 0.29) is 12.4 Å². The van der Waals surface area contributed by atoms with Gasteiger partial charge in [0.15, 0.2) is 0 Å². The fraction of sp³-hybridized carbons (Fsp3) is 0.429. The van der Waals surface area contributed by atoms with Gasteiger partial charge < -0.3 is 9.84 Å². The molecule has 19 heavy (non-hydrogen) atoms. The molecular weight excluding hydrogens is 262 g/mol. The number of aromatic nitrogens is 2. The number of benzene rings is 1. The predicted octanol–water partition coefficient (Wildman–Crippen LogP) is 2.93. The molecule has 3 rings (SSSR count). The van der Waals surface area contributed by atoms with Gasteiger partial charge in [-0.25, -0.2) is 0 Å². The summed E-state index contributed by atoms with van der Waals surface area (Å²) in [7, 11) is 0. The van der Waals surface area contributed by atoms with E-state index >= 15 is 0 Å². The highest BCUT2D eigenvalue weighted by atomic mass is 35.5. The van der Waals surface area contributed by atoms with E-state index < -0.39 is 0 Å². The van der Waals surface area contributed by atoms with Crippen molar-refractivity contribution in [3.05, 3.63) is 35.7 Å². The van der Waals surface area contributed by atoms with Crippen molar-refractivity contribution in [2.75, 3.05) is 13.1 Å². The molecule has 0 amide bonds. The average Bonchev–Trinajstić information content (AvgIpc) is 2.90. The van der Waals surface area contributed by atoms with E-state index in [1.54, 1.807) is 0 Å². The number of piperidine rings is 1. The molecule has 1 aromatic heterocycles. The first-order chi connectivity index (χ1) is 8.84. The van der Waals surface area contributed by atoms with E-state index in [2.05, 4.69) is 28.4 Å². The highest BCUT2D eigenvalue weighted by Gasteiger charge is 2.21. The highest BCUT2D eigenvalue weighted by Crippen LogP contribution is 2.25. The van der Waals surface area contributed by atoms with Gasteiger partial charge >= 0.3 is 0 Å². The van der Waals surface area contributed by atoms with Crippen LogP contribution >= 0.6 is 12.4 Å². The molecule has 5 heteroatoms. The van der Waals surface area contributed by atoms with Gasteiger partial charge in [-0.2, -0.15) is 4.98 Å². The first-order valence-corrected chi connectivity index (χ1v) is 6.45. The summed E-state index contributed by atoms with van der Waals surface area (Å²) in [6.07, 6.45) is 2.30. The fourth-order valence-electron chi connectivity index (χ4n) is 2.40. The second-order valence-electron chi connectivity index (χ2n) is 4.81. The van der Waals surface area contributed by atoms with Crippen LogP contribution in [0.1, 0.15) is 30.2 Å². The van der Waals surface area contributed by atoms with Crippen LogP contribution in [0.5, 0.6) is 0 Å². The van der Waals surface area contributed by atoms with Crippen molar-refractivity contribution < 1.29 is 4.52 Å². The van der Waals surface area contributed by atoms with Crippen LogP contribution in [0.3, 0.4) is 0 Å². The zero-order chi connectivity index (χ0) is 12.4. The van der Waals surface area contributed by atoms with Crippen molar-refractivity contribution in [3.63, 3.8) is 0 Å². The molecule has 0 bridgehead atoms. The van der Waals surface area contributed by atoms with Crippen molar-refractivity contribution in [2.24, 2.45) is 0 Å². The molecule has 0 radical (unpaired) electrons. The molecule has 2 aromatic rings.